The lowest BCUT2D eigenvalue weighted by Crippen LogP contribution is -2.23. The molecule has 0 saturated carbocycles. The van der Waals surface area contributed by atoms with Gasteiger partial charge in [0.05, 0.1) is 6.26 Å². The van der Waals surface area contributed by atoms with Crippen LogP contribution in [0.1, 0.15) is 70.2 Å². The molecule has 0 aromatic carbocycles. The number of rotatable bonds is 9. The molecule has 1 aromatic heterocycles. The third-order valence-corrected chi connectivity index (χ3v) is 3.72. The maximum Gasteiger partial charge on any atom is 0.101 e. The molecule has 0 fully saturated rings. The molecule has 0 bridgehead atoms. The fourth-order valence-corrected chi connectivity index (χ4v) is 2.54. The summed E-state index contributed by atoms with van der Waals surface area (Å²) in [6, 6.07) is 2.62. The predicted molar refractivity (Wildman–Crippen MR) is 77.8 cm³/mol. The van der Waals surface area contributed by atoms with Crippen molar-refractivity contribution in [3.05, 3.63) is 23.7 Å². The van der Waals surface area contributed by atoms with E-state index in [2.05, 4.69) is 32.2 Å². The van der Waals surface area contributed by atoms with Gasteiger partial charge < -0.3 is 9.73 Å². The molecule has 104 valence electrons. The molecule has 0 aliphatic heterocycles. The zero-order valence-electron chi connectivity index (χ0n) is 12.5. The first-order chi connectivity index (χ1) is 8.71. The fourth-order valence-electron chi connectivity index (χ4n) is 2.54. The summed E-state index contributed by atoms with van der Waals surface area (Å²) in [7, 11) is 0. The summed E-state index contributed by atoms with van der Waals surface area (Å²) in [6.45, 7) is 9.78. The van der Waals surface area contributed by atoms with Crippen LogP contribution in [0.5, 0.6) is 0 Å². The van der Waals surface area contributed by atoms with Crippen LogP contribution in [0.3, 0.4) is 0 Å². The Bertz CT molecular complexity index is 319. The van der Waals surface area contributed by atoms with Crippen molar-refractivity contribution in [2.45, 2.75) is 65.8 Å². The maximum atomic E-state index is 5.45. The Kier molecular flexibility index (Phi) is 7.11. The Hall–Kier alpha value is -0.760. The number of furan rings is 1. The zero-order valence-corrected chi connectivity index (χ0v) is 12.5. The second-order valence-electron chi connectivity index (χ2n) is 5.25. The molecule has 1 aromatic rings. The van der Waals surface area contributed by atoms with Crippen molar-refractivity contribution in [3.63, 3.8) is 0 Å². The highest BCUT2D eigenvalue weighted by molar-refractivity contribution is 5.16. The molecule has 0 aliphatic carbocycles. The molecule has 0 amide bonds. The normalized spacial score (nSPS) is 14.7. The van der Waals surface area contributed by atoms with Gasteiger partial charge in [-0.2, -0.15) is 0 Å². The van der Waals surface area contributed by atoms with Crippen molar-refractivity contribution in [3.8, 4) is 0 Å². The van der Waals surface area contributed by atoms with E-state index >= 15 is 0 Å². The number of aryl methyl sites for hydroxylation is 1. The van der Waals surface area contributed by atoms with Gasteiger partial charge in [0.2, 0.25) is 0 Å². The monoisotopic (exact) mass is 251 g/mol. The first kappa shape index (κ1) is 15.3. The molecular weight excluding hydrogens is 222 g/mol. The lowest BCUT2D eigenvalue weighted by atomic mass is 9.90. The van der Waals surface area contributed by atoms with Crippen molar-refractivity contribution in [1.29, 1.82) is 0 Å². The first-order valence-electron chi connectivity index (χ1n) is 7.49. The van der Waals surface area contributed by atoms with E-state index in [1.807, 2.05) is 13.2 Å². The van der Waals surface area contributed by atoms with Crippen molar-refractivity contribution in [2.75, 3.05) is 6.54 Å². The lowest BCUT2D eigenvalue weighted by molar-refractivity contribution is 0.355. The molecule has 2 nitrogen and oxygen atoms in total. The van der Waals surface area contributed by atoms with Crippen LogP contribution in [0.15, 0.2) is 16.7 Å². The third kappa shape index (κ3) is 4.85. The Balaban J connectivity index is 2.60. The molecule has 0 spiro atoms. The van der Waals surface area contributed by atoms with E-state index in [4.69, 9.17) is 4.42 Å². The topological polar surface area (TPSA) is 25.2 Å². The van der Waals surface area contributed by atoms with Crippen molar-refractivity contribution >= 4 is 0 Å². The van der Waals surface area contributed by atoms with Crippen LogP contribution < -0.4 is 5.32 Å². The van der Waals surface area contributed by atoms with Crippen molar-refractivity contribution in [1.82, 2.24) is 5.32 Å². The predicted octanol–water partition coefficient (Wildman–Crippen LogP) is 4.85. The van der Waals surface area contributed by atoms with Crippen LogP contribution in [0.25, 0.3) is 0 Å². The number of nitrogens with one attached hydrogen (secondary N) is 1. The summed E-state index contributed by atoms with van der Waals surface area (Å²) in [5, 5.41) is 3.59. The Morgan fingerprint density at radius 2 is 2.06 bits per heavy atom. The van der Waals surface area contributed by atoms with Gasteiger partial charge in [-0.1, -0.05) is 46.5 Å². The van der Waals surface area contributed by atoms with E-state index < -0.39 is 0 Å². The van der Waals surface area contributed by atoms with Gasteiger partial charge in [-0.15, -0.1) is 0 Å². The molecule has 1 N–H and O–H groups in total. The fraction of sp³-hybridized carbons (Fsp3) is 0.750. The van der Waals surface area contributed by atoms with Crippen LogP contribution in [0.4, 0.5) is 0 Å². The van der Waals surface area contributed by atoms with E-state index in [9.17, 15) is 0 Å². The minimum atomic E-state index is 0.453. The summed E-state index contributed by atoms with van der Waals surface area (Å²) in [5.41, 5.74) is 1.31. The molecule has 0 aliphatic rings. The number of hydrogen-bond donors (Lipinski definition) is 1. The highest BCUT2D eigenvalue weighted by Crippen LogP contribution is 2.27. The average Bonchev–Trinajstić information content (AvgIpc) is 2.80. The average molecular weight is 251 g/mol. The van der Waals surface area contributed by atoms with Crippen LogP contribution >= 0.6 is 0 Å². The minimum absolute atomic E-state index is 0.453. The van der Waals surface area contributed by atoms with Gasteiger partial charge >= 0.3 is 0 Å². The molecule has 2 unspecified atom stereocenters. The van der Waals surface area contributed by atoms with E-state index in [0.717, 1.165) is 18.2 Å². The largest absolute Gasteiger partial charge is 0.469 e. The molecule has 18 heavy (non-hydrogen) atoms. The van der Waals surface area contributed by atoms with Crippen molar-refractivity contribution in [2.24, 2.45) is 5.92 Å². The Labute approximate surface area is 112 Å². The Morgan fingerprint density at radius 1 is 1.28 bits per heavy atom. The molecule has 0 saturated heterocycles. The SMILES string of the molecule is CCCCC(CC)CC(NCC)c1coc(C)c1. The second kappa shape index (κ2) is 8.36. The van der Waals surface area contributed by atoms with Gasteiger partial charge in [0.25, 0.3) is 0 Å². The van der Waals surface area contributed by atoms with Gasteiger partial charge in [-0.05, 0) is 31.9 Å². The van der Waals surface area contributed by atoms with Crippen LogP contribution in [0, 0.1) is 12.8 Å². The van der Waals surface area contributed by atoms with E-state index in [0.29, 0.717) is 6.04 Å². The molecule has 2 atom stereocenters. The lowest BCUT2D eigenvalue weighted by Gasteiger charge is -2.22. The van der Waals surface area contributed by atoms with Gasteiger partial charge in [-0.25, -0.2) is 0 Å². The van der Waals surface area contributed by atoms with Gasteiger partial charge in [-0.3, -0.25) is 0 Å². The zero-order chi connectivity index (χ0) is 13.4. The third-order valence-electron chi connectivity index (χ3n) is 3.72. The summed E-state index contributed by atoms with van der Waals surface area (Å²) in [4.78, 5) is 0. The highest BCUT2D eigenvalue weighted by atomic mass is 16.3. The highest BCUT2D eigenvalue weighted by Gasteiger charge is 2.17. The standard InChI is InChI=1S/C16H29NO/c1-5-8-9-14(6-2)11-16(17-7-3)15-10-13(4)18-12-15/h10,12,14,16-17H,5-9,11H2,1-4H3. The van der Waals surface area contributed by atoms with E-state index in [1.165, 1.54) is 37.7 Å². The molecule has 0 radical (unpaired) electrons. The van der Waals surface area contributed by atoms with Crippen LogP contribution in [-0.4, -0.2) is 6.54 Å². The maximum absolute atomic E-state index is 5.45. The smallest absolute Gasteiger partial charge is 0.101 e. The minimum Gasteiger partial charge on any atom is -0.469 e. The van der Waals surface area contributed by atoms with Gasteiger partial charge in [0, 0.05) is 11.6 Å². The van der Waals surface area contributed by atoms with E-state index in [-0.39, 0.29) is 0 Å². The summed E-state index contributed by atoms with van der Waals surface area (Å²) in [6.07, 6.45) is 8.41. The number of unbranched alkanes of at least 4 members (excludes halogenated alkanes) is 1. The quantitative estimate of drug-likeness (QED) is 0.679. The number of hydrogen-bond acceptors (Lipinski definition) is 2. The molecule has 1 rings (SSSR count). The second-order valence-corrected chi connectivity index (χ2v) is 5.25. The molecular formula is C16H29NO. The van der Waals surface area contributed by atoms with Crippen molar-refractivity contribution < 1.29 is 4.42 Å². The van der Waals surface area contributed by atoms with E-state index in [1.54, 1.807) is 0 Å². The summed E-state index contributed by atoms with van der Waals surface area (Å²) < 4.78 is 5.45. The summed E-state index contributed by atoms with van der Waals surface area (Å²) >= 11 is 0. The molecule has 1 heterocycles. The molecule has 2 heteroatoms. The van der Waals surface area contributed by atoms with Gasteiger partial charge in [0.15, 0.2) is 0 Å². The van der Waals surface area contributed by atoms with Crippen LogP contribution in [-0.2, 0) is 0 Å². The Morgan fingerprint density at radius 3 is 2.56 bits per heavy atom. The van der Waals surface area contributed by atoms with Crippen LogP contribution in [0.2, 0.25) is 0 Å². The van der Waals surface area contributed by atoms with Gasteiger partial charge in [0.1, 0.15) is 5.76 Å². The summed E-state index contributed by atoms with van der Waals surface area (Å²) in [5.74, 6) is 1.83. The first-order valence-corrected chi connectivity index (χ1v) is 7.49.